The number of thioether (sulfide) groups is 1. The highest BCUT2D eigenvalue weighted by Crippen LogP contribution is 2.16. The van der Waals surface area contributed by atoms with Crippen LogP contribution in [-0.4, -0.2) is 34.9 Å². The molecule has 2 rings (SSSR count). The highest BCUT2D eigenvalue weighted by atomic mass is 32.2. The number of carbonyl (C=O) groups is 3. The maximum atomic E-state index is 12.9. The van der Waals surface area contributed by atoms with Crippen LogP contribution in [0.4, 0.5) is 15.8 Å². The van der Waals surface area contributed by atoms with Crippen LogP contribution in [-0.2, 0) is 19.1 Å². The Kier molecular flexibility index (Phi) is 8.38. The van der Waals surface area contributed by atoms with Crippen LogP contribution in [0.3, 0.4) is 0 Å². The zero-order valence-corrected chi connectivity index (χ0v) is 17.2. The predicted molar refractivity (Wildman–Crippen MR) is 112 cm³/mol. The average molecular weight is 429 g/mol. The third-order valence-corrected chi connectivity index (χ3v) is 4.99. The molecule has 2 aromatic rings. The summed E-state index contributed by atoms with van der Waals surface area (Å²) < 4.78 is 18.0. The molecular weight excluding hydrogens is 409 g/mol. The Morgan fingerprint density at radius 2 is 1.60 bits per heavy atom. The maximum Gasteiger partial charge on any atom is 0.319 e. The van der Waals surface area contributed by atoms with E-state index in [1.54, 1.807) is 31.2 Å². The van der Waals surface area contributed by atoms with Crippen LogP contribution < -0.4 is 10.6 Å². The molecule has 0 radical (unpaired) electrons. The van der Waals surface area contributed by atoms with E-state index in [1.807, 2.05) is 6.07 Å². The standard InChI is InChI=1S/C21H20FN3O4S/c1-13(20(27)25-18-7-3-15(11-23)4-8-18)29-21(28)14(2)30-12-19(26)24-17-9-5-16(22)6-10-17/h3-10,13-14H,12H2,1-2H3,(H,24,26)(H,25,27). The monoisotopic (exact) mass is 429 g/mol. The molecule has 0 heterocycles. The van der Waals surface area contributed by atoms with E-state index in [2.05, 4.69) is 10.6 Å². The number of halogens is 1. The normalized spacial score (nSPS) is 12.2. The smallest absolute Gasteiger partial charge is 0.319 e. The van der Waals surface area contributed by atoms with Crippen molar-refractivity contribution in [1.29, 1.82) is 5.26 Å². The molecule has 0 spiro atoms. The van der Waals surface area contributed by atoms with E-state index >= 15 is 0 Å². The summed E-state index contributed by atoms with van der Waals surface area (Å²) in [6.45, 7) is 3.01. The van der Waals surface area contributed by atoms with Crippen LogP contribution in [0.5, 0.6) is 0 Å². The van der Waals surface area contributed by atoms with Crippen LogP contribution in [0.1, 0.15) is 19.4 Å². The number of amides is 2. The van der Waals surface area contributed by atoms with E-state index in [4.69, 9.17) is 10.00 Å². The Labute approximate surface area is 177 Å². The van der Waals surface area contributed by atoms with Gasteiger partial charge in [-0.25, -0.2) is 4.39 Å². The van der Waals surface area contributed by atoms with E-state index in [1.165, 1.54) is 31.2 Å². The first-order chi connectivity index (χ1) is 14.3. The Morgan fingerprint density at radius 3 is 2.20 bits per heavy atom. The van der Waals surface area contributed by atoms with Crippen molar-refractivity contribution in [2.24, 2.45) is 0 Å². The fourth-order valence-electron chi connectivity index (χ4n) is 2.19. The van der Waals surface area contributed by atoms with Gasteiger partial charge in [-0.3, -0.25) is 14.4 Å². The van der Waals surface area contributed by atoms with Crippen molar-refractivity contribution < 1.29 is 23.5 Å². The molecule has 30 heavy (non-hydrogen) atoms. The lowest BCUT2D eigenvalue weighted by Gasteiger charge is -2.16. The lowest BCUT2D eigenvalue weighted by atomic mass is 10.2. The summed E-state index contributed by atoms with van der Waals surface area (Å²) >= 11 is 1.05. The van der Waals surface area contributed by atoms with Gasteiger partial charge >= 0.3 is 5.97 Å². The molecule has 2 unspecified atom stereocenters. The first-order valence-corrected chi connectivity index (χ1v) is 10.0. The van der Waals surface area contributed by atoms with Gasteiger partial charge in [-0.2, -0.15) is 5.26 Å². The Bertz CT molecular complexity index is 942. The number of benzene rings is 2. The summed E-state index contributed by atoms with van der Waals surface area (Å²) in [7, 11) is 0. The number of nitrogens with zero attached hydrogens (tertiary/aromatic N) is 1. The van der Waals surface area contributed by atoms with Gasteiger partial charge in [0.25, 0.3) is 5.91 Å². The van der Waals surface area contributed by atoms with Crippen LogP contribution >= 0.6 is 11.8 Å². The van der Waals surface area contributed by atoms with Gasteiger partial charge in [0.15, 0.2) is 6.10 Å². The third kappa shape index (κ3) is 7.22. The highest BCUT2D eigenvalue weighted by molar-refractivity contribution is 8.01. The van der Waals surface area contributed by atoms with Gasteiger partial charge in [-0.15, -0.1) is 11.8 Å². The molecule has 0 aliphatic rings. The topological polar surface area (TPSA) is 108 Å². The van der Waals surface area contributed by atoms with Gasteiger partial charge in [0.2, 0.25) is 5.91 Å². The molecule has 0 aliphatic heterocycles. The predicted octanol–water partition coefficient (Wildman–Crippen LogP) is 3.33. The van der Waals surface area contributed by atoms with Gasteiger partial charge in [0.05, 0.1) is 17.4 Å². The first-order valence-electron chi connectivity index (χ1n) is 8.97. The van der Waals surface area contributed by atoms with Gasteiger partial charge < -0.3 is 15.4 Å². The van der Waals surface area contributed by atoms with Gasteiger partial charge in [-0.05, 0) is 62.4 Å². The summed E-state index contributed by atoms with van der Waals surface area (Å²) in [5.74, 6) is -1.91. The Morgan fingerprint density at radius 1 is 1.03 bits per heavy atom. The molecule has 7 nitrogen and oxygen atoms in total. The molecule has 2 N–H and O–H groups in total. The second kappa shape index (κ2) is 11.0. The van der Waals surface area contributed by atoms with Crippen LogP contribution in [0.25, 0.3) is 0 Å². The number of hydrogen-bond donors (Lipinski definition) is 2. The second-order valence-electron chi connectivity index (χ2n) is 6.27. The summed E-state index contributed by atoms with van der Waals surface area (Å²) in [5.41, 5.74) is 1.38. The summed E-state index contributed by atoms with van der Waals surface area (Å²) in [5, 5.41) is 13.3. The molecule has 0 saturated carbocycles. The van der Waals surface area contributed by atoms with Crippen molar-refractivity contribution in [3.05, 3.63) is 59.9 Å². The van der Waals surface area contributed by atoms with Crippen molar-refractivity contribution in [3.8, 4) is 6.07 Å². The largest absolute Gasteiger partial charge is 0.452 e. The first kappa shape index (κ1) is 22.9. The molecule has 0 saturated heterocycles. The van der Waals surface area contributed by atoms with Gasteiger partial charge in [-0.1, -0.05) is 0 Å². The minimum absolute atomic E-state index is 0.0144. The third-order valence-electron chi connectivity index (χ3n) is 3.87. The zero-order valence-electron chi connectivity index (χ0n) is 16.3. The molecule has 156 valence electrons. The van der Waals surface area contributed by atoms with E-state index < -0.39 is 29.0 Å². The van der Waals surface area contributed by atoms with Crippen LogP contribution in [0.15, 0.2) is 48.5 Å². The molecule has 2 amide bonds. The average Bonchev–Trinajstić information content (AvgIpc) is 2.74. The number of rotatable bonds is 8. The van der Waals surface area contributed by atoms with E-state index in [9.17, 15) is 18.8 Å². The number of carbonyl (C=O) groups excluding carboxylic acids is 3. The van der Waals surface area contributed by atoms with Crippen LogP contribution in [0.2, 0.25) is 0 Å². The van der Waals surface area contributed by atoms with Crippen molar-refractivity contribution in [2.45, 2.75) is 25.2 Å². The fraction of sp³-hybridized carbons (Fsp3) is 0.238. The van der Waals surface area contributed by atoms with Gasteiger partial charge in [0, 0.05) is 11.4 Å². The number of ether oxygens (including phenoxy) is 1. The lowest BCUT2D eigenvalue weighted by molar-refractivity contribution is -0.152. The van der Waals surface area contributed by atoms with Gasteiger partial charge in [0.1, 0.15) is 11.1 Å². The van der Waals surface area contributed by atoms with Crippen LogP contribution in [0, 0.1) is 17.1 Å². The molecular formula is C21H20FN3O4S. The van der Waals surface area contributed by atoms with E-state index in [0.29, 0.717) is 16.9 Å². The summed E-state index contributed by atoms with van der Waals surface area (Å²) in [6.07, 6.45) is -1.04. The van der Waals surface area contributed by atoms with Crippen molar-refractivity contribution in [3.63, 3.8) is 0 Å². The SMILES string of the molecule is CC(OC(=O)C(C)SCC(=O)Nc1ccc(F)cc1)C(=O)Nc1ccc(C#N)cc1. The lowest BCUT2D eigenvalue weighted by Crippen LogP contribution is -2.32. The summed E-state index contributed by atoms with van der Waals surface area (Å²) in [6, 6.07) is 13.6. The zero-order chi connectivity index (χ0) is 22.1. The molecule has 2 atom stereocenters. The highest BCUT2D eigenvalue weighted by Gasteiger charge is 2.23. The Balaban J connectivity index is 1.76. The van der Waals surface area contributed by atoms with E-state index in [-0.39, 0.29) is 11.7 Å². The second-order valence-corrected chi connectivity index (χ2v) is 7.59. The molecule has 0 aromatic heterocycles. The minimum Gasteiger partial charge on any atom is -0.452 e. The van der Waals surface area contributed by atoms with Crippen molar-refractivity contribution in [1.82, 2.24) is 0 Å². The summed E-state index contributed by atoms with van der Waals surface area (Å²) in [4.78, 5) is 36.3. The number of nitrogens with one attached hydrogen (secondary N) is 2. The molecule has 9 heteroatoms. The Hall–Kier alpha value is -3.38. The number of nitriles is 1. The quantitative estimate of drug-likeness (QED) is 0.623. The maximum absolute atomic E-state index is 12.9. The minimum atomic E-state index is -1.04. The molecule has 2 aromatic carbocycles. The number of anilines is 2. The van der Waals surface area contributed by atoms with Crippen molar-refractivity contribution in [2.75, 3.05) is 16.4 Å². The van der Waals surface area contributed by atoms with E-state index in [0.717, 1.165) is 11.8 Å². The molecule has 0 bridgehead atoms. The number of hydrogen-bond acceptors (Lipinski definition) is 6. The number of esters is 1. The molecule has 0 aliphatic carbocycles. The fourth-order valence-corrected chi connectivity index (χ4v) is 2.86. The molecule has 0 fully saturated rings. The van der Waals surface area contributed by atoms with Crippen molar-refractivity contribution >= 4 is 40.9 Å².